The summed E-state index contributed by atoms with van der Waals surface area (Å²) in [4.78, 5) is 0.422. The van der Waals surface area contributed by atoms with E-state index < -0.39 is 0 Å². The molecule has 2 unspecified atom stereocenters. The largest absolute Gasteiger partial charge is 0.389 e. The summed E-state index contributed by atoms with van der Waals surface area (Å²) >= 11 is 7.20. The van der Waals surface area contributed by atoms with Crippen LogP contribution in [-0.4, -0.2) is 31.8 Å². The van der Waals surface area contributed by atoms with Crippen LogP contribution >= 0.6 is 24.0 Å². The minimum Gasteiger partial charge on any atom is -0.389 e. The Balaban J connectivity index is 2.10. The Hall–Kier alpha value is -0.750. The van der Waals surface area contributed by atoms with Crippen molar-refractivity contribution in [3.8, 4) is 0 Å². The Labute approximate surface area is 124 Å². The quantitative estimate of drug-likeness (QED) is 0.818. The predicted octanol–water partition coefficient (Wildman–Crippen LogP) is 2.45. The molecule has 2 rings (SSSR count). The van der Waals surface area contributed by atoms with Crippen molar-refractivity contribution in [3.05, 3.63) is 11.3 Å². The third kappa shape index (κ3) is 3.23. The SMILES string of the molecule is CCSC1CCC(Nc2c(C(N)=S)c(C)nn2C)C1. The van der Waals surface area contributed by atoms with Crippen LogP contribution in [0.5, 0.6) is 0 Å². The summed E-state index contributed by atoms with van der Waals surface area (Å²) in [6.45, 7) is 4.17. The molecule has 106 valence electrons. The molecule has 1 saturated carbocycles. The van der Waals surface area contributed by atoms with Gasteiger partial charge < -0.3 is 11.1 Å². The van der Waals surface area contributed by atoms with Crippen molar-refractivity contribution in [2.45, 2.75) is 44.4 Å². The van der Waals surface area contributed by atoms with Gasteiger partial charge in [0, 0.05) is 18.3 Å². The zero-order valence-electron chi connectivity index (χ0n) is 11.8. The van der Waals surface area contributed by atoms with Gasteiger partial charge in [-0.2, -0.15) is 16.9 Å². The fourth-order valence-electron chi connectivity index (χ4n) is 2.77. The number of nitrogens with two attached hydrogens (primary N) is 1. The molecule has 0 amide bonds. The van der Waals surface area contributed by atoms with Crippen molar-refractivity contribution in [2.75, 3.05) is 11.1 Å². The van der Waals surface area contributed by atoms with Crippen LogP contribution in [0.4, 0.5) is 5.82 Å². The second-order valence-electron chi connectivity index (χ2n) is 5.03. The molecular formula is C13H22N4S2. The third-order valence-electron chi connectivity index (χ3n) is 3.60. The average Bonchev–Trinajstić information content (AvgIpc) is 2.86. The van der Waals surface area contributed by atoms with E-state index in [0.717, 1.165) is 22.3 Å². The highest BCUT2D eigenvalue weighted by atomic mass is 32.2. The fraction of sp³-hybridized carbons (Fsp3) is 0.692. The Morgan fingerprint density at radius 1 is 1.58 bits per heavy atom. The zero-order valence-corrected chi connectivity index (χ0v) is 13.4. The van der Waals surface area contributed by atoms with Crippen molar-refractivity contribution in [3.63, 3.8) is 0 Å². The zero-order chi connectivity index (χ0) is 14.0. The van der Waals surface area contributed by atoms with E-state index in [1.807, 2.05) is 18.7 Å². The van der Waals surface area contributed by atoms with Crippen molar-refractivity contribution in [1.29, 1.82) is 0 Å². The number of rotatable bonds is 5. The van der Waals surface area contributed by atoms with Gasteiger partial charge in [0.25, 0.3) is 0 Å². The first-order valence-corrected chi connectivity index (χ1v) is 8.20. The molecule has 4 nitrogen and oxygen atoms in total. The molecule has 6 heteroatoms. The highest BCUT2D eigenvalue weighted by Crippen LogP contribution is 2.32. The van der Waals surface area contributed by atoms with Gasteiger partial charge in [0.1, 0.15) is 10.8 Å². The van der Waals surface area contributed by atoms with Gasteiger partial charge in [0.2, 0.25) is 0 Å². The van der Waals surface area contributed by atoms with Gasteiger partial charge in [-0.25, -0.2) is 0 Å². The summed E-state index contributed by atoms with van der Waals surface area (Å²) in [6.07, 6.45) is 3.70. The van der Waals surface area contributed by atoms with Crippen LogP contribution in [0.3, 0.4) is 0 Å². The van der Waals surface area contributed by atoms with Gasteiger partial charge in [-0.3, -0.25) is 4.68 Å². The molecule has 0 radical (unpaired) electrons. The standard InChI is InChI=1S/C13H22N4S2/c1-4-19-10-6-5-9(7-10)15-13-11(12(14)18)8(2)16-17(13)3/h9-10,15H,4-7H2,1-3H3,(H2,14,18). The topological polar surface area (TPSA) is 55.9 Å². The number of hydrogen-bond donors (Lipinski definition) is 2. The lowest BCUT2D eigenvalue weighted by Gasteiger charge is -2.16. The summed E-state index contributed by atoms with van der Waals surface area (Å²) in [7, 11) is 1.93. The number of nitrogens with zero attached hydrogens (tertiary/aromatic N) is 2. The molecule has 0 aliphatic heterocycles. The van der Waals surface area contributed by atoms with Crippen LogP contribution in [0.15, 0.2) is 0 Å². The first-order chi connectivity index (χ1) is 9.02. The third-order valence-corrected chi connectivity index (χ3v) is 5.03. The number of thiocarbonyl (C=S) groups is 1. The molecule has 3 N–H and O–H groups in total. The van der Waals surface area contributed by atoms with Gasteiger partial charge in [-0.1, -0.05) is 19.1 Å². The Morgan fingerprint density at radius 2 is 2.32 bits per heavy atom. The Kier molecular flexibility index (Phi) is 4.73. The monoisotopic (exact) mass is 298 g/mol. The minimum absolute atomic E-state index is 0.422. The second kappa shape index (κ2) is 6.13. The van der Waals surface area contributed by atoms with Crippen molar-refractivity contribution in [1.82, 2.24) is 9.78 Å². The molecule has 1 aromatic heterocycles. The second-order valence-corrected chi connectivity index (χ2v) is 7.05. The number of anilines is 1. The lowest BCUT2D eigenvalue weighted by molar-refractivity contribution is 0.709. The highest BCUT2D eigenvalue weighted by molar-refractivity contribution is 7.99. The van der Waals surface area contributed by atoms with Gasteiger partial charge >= 0.3 is 0 Å². The molecule has 0 aromatic carbocycles. The van der Waals surface area contributed by atoms with Crippen LogP contribution in [0.25, 0.3) is 0 Å². The number of nitrogens with one attached hydrogen (secondary N) is 1. The molecule has 1 heterocycles. The van der Waals surface area contributed by atoms with E-state index >= 15 is 0 Å². The maximum Gasteiger partial charge on any atom is 0.134 e. The Bertz CT molecular complexity index is 469. The summed E-state index contributed by atoms with van der Waals surface area (Å²) in [5.41, 5.74) is 7.60. The summed E-state index contributed by atoms with van der Waals surface area (Å²) in [6, 6.07) is 0.506. The molecule has 0 spiro atoms. The van der Waals surface area contributed by atoms with Crippen LogP contribution in [0.2, 0.25) is 0 Å². The molecule has 0 bridgehead atoms. The molecule has 19 heavy (non-hydrogen) atoms. The molecular weight excluding hydrogens is 276 g/mol. The van der Waals surface area contributed by atoms with E-state index in [2.05, 4.69) is 29.1 Å². The smallest absolute Gasteiger partial charge is 0.134 e. The van der Waals surface area contributed by atoms with Crippen molar-refractivity contribution < 1.29 is 0 Å². The van der Waals surface area contributed by atoms with Gasteiger partial charge in [-0.05, 0) is 31.9 Å². The van der Waals surface area contributed by atoms with Gasteiger partial charge in [0.05, 0.1) is 11.3 Å². The minimum atomic E-state index is 0.422. The van der Waals surface area contributed by atoms with Crippen LogP contribution in [0.1, 0.15) is 37.4 Å². The highest BCUT2D eigenvalue weighted by Gasteiger charge is 2.26. The lowest BCUT2D eigenvalue weighted by Crippen LogP contribution is -2.21. The normalized spacial score (nSPS) is 22.7. The van der Waals surface area contributed by atoms with E-state index in [1.165, 1.54) is 25.0 Å². The summed E-state index contributed by atoms with van der Waals surface area (Å²) in [5, 5.41) is 8.78. The van der Waals surface area contributed by atoms with E-state index in [-0.39, 0.29) is 0 Å². The number of aryl methyl sites for hydroxylation is 2. The van der Waals surface area contributed by atoms with Crippen LogP contribution in [-0.2, 0) is 7.05 Å². The first-order valence-electron chi connectivity index (χ1n) is 6.74. The van der Waals surface area contributed by atoms with Crippen molar-refractivity contribution in [2.24, 2.45) is 12.8 Å². The lowest BCUT2D eigenvalue weighted by atomic mass is 10.2. The first kappa shape index (κ1) is 14.7. The number of thioether (sulfide) groups is 1. The van der Waals surface area contributed by atoms with Crippen LogP contribution < -0.4 is 11.1 Å². The Morgan fingerprint density at radius 3 is 2.95 bits per heavy atom. The molecule has 1 fully saturated rings. The van der Waals surface area contributed by atoms with E-state index in [0.29, 0.717) is 11.0 Å². The molecule has 1 aliphatic rings. The average molecular weight is 298 g/mol. The maximum atomic E-state index is 5.81. The molecule has 2 atom stereocenters. The van der Waals surface area contributed by atoms with E-state index in [4.69, 9.17) is 18.0 Å². The summed E-state index contributed by atoms with van der Waals surface area (Å²) in [5.74, 6) is 2.16. The number of hydrogen-bond acceptors (Lipinski definition) is 4. The van der Waals surface area contributed by atoms with E-state index in [9.17, 15) is 0 Å². The van der Waals surface area contributed by atoms with Gasteiger partial charge in [0.15, 0.2) is 0 Å². The summed E-state index contributed by atoms with van der Waals surface area (Å²) < 4.78 is 1.85. The van der Waals surface area contributed by atoms with Crippen LogP contribution in [0, 0.1) is 6.92 Å². The number of aromatic nitrogens is 2. The fourth-order valence-corrected chi connectivity index (χ4v) is 4.16. The van der Waals surface area contributed by atoms with Gasteiger partial charge in [-0.15, -0.1) is 0 Å². The van der Waals surface area contributed by atoms with E-state index in [1.54, 1.807) is 0 Å². The molecule has 1 aliphatic carbocycles. The molecule has 1 aromatic rings. The maximum absolute atomic E-state index is 5.81. The predicted molar refractivity (Wildman–Crippen MR) is 87.0 cm³/mol. The van der Waals surface area contributed by atoms with Crippen molar-refractivity contribution >= 4 is 34.8 Å². The molecule has 0 saturated heterocycles.